The lowest BCUT2D eigenvalue weighted by molar-refractivity contribution is -0.150. The zero-order valence-electron chi connectivity index (χ0n) is 12.3. The van der Waals surface area contributed by atoms with Crippen LogP contribution in [0.25, 0.3) is 0 Å². The molecule has 20 heavy (non-hydrogen) atoms. The number of carboxylic acid groups (broad SMARTS) is 1. The number of nitrogens with one attached hydrogen (secondary N) is 1. The van der Waals surface area contributed by atoms with Gasteiger partial charge in [0.1, 0.15) is 0 Å². The average Bonchev–Trinajstić information content (AvgIpc) is 2.37. The fraction of sp³-hybridized carbons (Fsp3) is 0.857. The van der Waals surface area contributed by atoms with Crippen LogP contribution in [0.5, 0.6) is 0 Å². The summed E-state index contributed by atoms with van der Waals surface area (Å²) in [5.41, 5.74) is -1.04. The van der Waals surface area contributed by atoms with E-state index in [-0.39, 0.29) is 18.2 Å². The summed E-state index contributed by atoms with van der Waals surface area (Å²) in [5.74, 6) is -0.831. The van der Waals surface area contributed by atoms with E-state index in [9.17, 15) is 14.7 Å². The number of hydrogen-bond acceptors (Lipinski definition) is 3. The van der Waals surface area contributed by atoms with E-state index in [1.807, 2.05) is 0 Å². The molecule has 0 aromatic rings. The molecule has 0 spiro atoms. The Morgan fingerprint density at radius 2 is 2.00 bits per heavy atom. The summed E-state index contributed by atoms with van der Waals surface area (Å²) < 4.78 is 5.46. The summed E-state index contributed by atoms with van der Waals surface area (Å²) in [6.07, 6.45) is 4.41. The summed E-state index contributed by atoms with van der Waals surface area (Å²) >= 11 is 0. The molecule has 0 aromatic heterocycles. The zero-order chi connectivity index (χ0) is 14.8. The van der Waals surface area contributed by atoms with Crippen molar-refractivity contribution in [2.24, 2.45) is 5.41 Å². The van der Waals surface area contributed by atoms with Crippen molar-refractivity contribution >= 4 is 12.0 Å². The van der Waals surface area contributed by atoms with Crippen LogP contribution in [0.15, 0.2) is 0 Å². The van der Waals surface area contributed by atoms with Crippen LogP contribution in [-0.4, -0.2) is 54.4 Å². The molecule has 6 nitrogen and oxygen atoms in total. The van der Waals surface area contributed by atoms with Gasteiger partial charge in [-0.25, -0.2) is 4.79 Å². The van der Waals surface area contributed by atoms with Crippen LogP contribution >= 0.6 is 0 Å². The van der Waals surface area contributed by atoms with Gasteiger partial charge in [0.05, 0.1) is 11.0 Å². The predicted octanol–water partition coefficient (Wildman–Crippen LogP) is 1.45. The highest BCUT2D eigenvalue weighted by molar-refractivity contribution is 5.78. The standard InChI is InChI=1S/C14H24N2O4/c1-13(11(17)18)5-4-8-16(10-13)12(19)15-9-14(20-2)6-3-7-14/h3-10H2,1-2H3,(H,15,19)(H,17,18). The van der Waals surface area contributed by atoms with Gasteiger partial charge in [0.25, 0.3) is 0 Å². The molecule has 2 fully saturated rings. The average molecular weight is 284 g/mol. The second-order valence-electron chi connectivity index (χ2n) is 6.29. The van der Waals surface area contributed by atoms with Crippen LogP contribution in [-0.2, 0) is 9.53 Å². The molecular formula is C14H24N2O4. The van der Waals surface area contributed by atoms with Gasteiger partial charge in [-0.3, -0.25) is 4.79 Å². The Kier molecular flexibility index (Phi) is 4.22. The van der Waals surface area contributed by atoms with Gasteiger partial charge >= 0.3 is 12.0 Å². The maximum Gasteiger partial charge on any atom is 0.317 e. The van der Waals surface area contributed by atoms with E-state index in [0.717, 1.165) is 25.7 Å². The molecule has 2 N–H and O–H groups in total. The number of piperidine rings is 1. The number of aliphatic carboxylic acids is 1. The van der Waals surface area contributed by atoms with Crippen LogP contribution in [0.3, 0.4) is 0 Å². The van der Waals surface area contributed by atoms with Gasteiger partial charge in [-0.15, -0.1) is 0 Å². The van der Waals surface area contributed by atoms with Crippen molar-refractivity contribution in [2.45, 2.75) is 44.6 Å². The minimum Gasteiger partial charge on any atom is -0.481 e. The van der Waals surface area contributed by atoms with Gasteiger partial charge in [-0.1, -0.05) is 0 Å². The molecule has 1 aliphatic heterocycles. The third kappa shape index (κ3) is 2.90. The number of hydrogen-bond donors (Lipinski definition) is 2. The number of carbonyl (C=O) groups excluding carboxylic acids is 1. The maximum absolute atomic E-state index is 12.2. The first-order valence-electron chi connectivity index (χ1n) is 7.22. The van der Waals surface area contributed by atoms with Crippen molar-refractivity contribution in [1.82, 2.24) is 10.2 Å². The van der Waals surface area contributed by atoms with Gasteiger partial charge in [-0.2, -0.15) is 0 Å². The molecule has 2 amide bonds. The third-order valence-corrected chi connectivity index (χ3v) is 4.76. The molecule has 1 saturated heterocycles. The van der Waals surface area contributed by atoms with Crippen molar-refractivity contribution in [3.63, 3.8) is 0 Å². The van der Waals surface area contributed by atoms with E-state index in [4.69, 9.17) is 4.74 Å². The molecule has 1 heterocycles. The fourth-order valence-electron chi connectivity index (χ4n) is 2.96. The van der Waals surface area contributed by atoms with Gasteiger partial charge in [0.2, 0.25) is 0 Å². The molecule has 1 aliphatic carbocycles. The number of rotatable bonds is 4. The Hall–Kier alpha value is -1.30. The third-order valence-electron chi connectivity index (χ3n) is 4.76. The normalized spacial score (nSPS) is 28.6. The molecule has 0 radical (unpaired) electrons. The quantitative estimate of drug-likeness (QED) is 0.819. The minimum absolute atomic E-state index is 0.180. The summed E-state index contributed by atoms with van der Waals surface area (Å²) in [6, 6.07) is -0.180. The van der Waals surface area contributed by atoms with Gasteiger partial charge in [0.15, 0.2) is 0 Å². The molecule has 0 aromatic carbocycles. The number of nitrogens with zero attached hydrogens (tertiary/aromatic N) is 1. The van der Waals surface area contributed by atoms with Crippen molar-refractivity contribution in [1.29, 1.82) is 0 Å². The van der Waals surface area contributed by atoms with Crippen molar-refractivity contribution in [3.8, 4) is 0 Å². The Morgan fingerprint density at radius 1 is 1.30 bits per heavy atom. The molecule has 114 valence electrons. The number of carboxylic acids is 1. The molecule has 2 rings (SSSR count). The van der Waals surface area contributed by atoms with Crippen LogP contribution in [0.2, 0.25) is 0 Å². The Labute approximate surface area is 119 Å². The monoisotopic (exact) mass is 284 g/mol. The molecule has 1 unspecified atom stereocenters. The van der Waals surface area contributed by atoms with E-state index in [2.05, 4.69) is 5.32 Å². The van der Waals surface area contributed by atoms with E-state index < -0.39 is 11.4 Å². The lowest BCUT2D eigenvalue weighted by Gasteiger charge is -2.42. The Bertz CT molecular complexity index is 389. The number of ether oxygens (including phenoxy) is 1. The largest absolute Gasteiger partial charge is 0.481 e. The van der Waals surface area contributed by atoms with Crippen LogP contribution < -0.4 is 5.32 Å². The second kappa shape index (κ2) is 5.60. The van der Waals surface area contributed by atoms with Crippen LogP contribution in [0, 0.1) is 5.41 Å². The first-order valence-corrected chi connectivity index (χ1v) is 7.22. The second-order valence-corrected chi connectivity index (χ2v) is 6.29. The van der Waals surface area contributed by atoms with Crippen molar-refractivity contribution in [3.05, 3.63) is 0 Å². The Balaban J connectivity index is 1.87. The number of urea groups is 1. The smallest absolute Gasteiger partial charge is 0.317 e. The molecule has 2 aliphatic rings. The molecule has 0 bridgehead atoms. The summed E-state index contributed by atoms with van der Waals surface area (Å²) in [6.45, 7) is 3.10. The highest BCUT2D eigenvalue weighted by Crippen LogP contribution is 2.34. The highest BCUT2D eigenvalue weighted by atomic mass is 16.5. The fourth-order valence-corrected chi connectivity index (χ4v) is 2.96. The first kappa shape index (κ1) is 15.1. The molecular weight excluding hydrogens is 260 g/mol. The highest BCUT2D eigenvalue weighted by Gasteiger charge is 2.41. The number of likely N-dealkylation sites (tertiary alicyclic amines) is 1. The topological polar surface area (TPSA) is 78.9 Å². The van der Waals surface area contributed by atoms with Gasteiger partial charge < -0.3 is 20.1 Å². The van der Waals surface area contributed by atoms with Gasteiger partial charge in [0, 0.05) is 26.7 Å². The lowest BCUT2D eigenvalue weighted by Crippen LogP contribution is -2.55. The van der Waals surface area contributed by atoms with Crippen LogP contribution in [0.4, 0.5) is 4.79 Å². The van der Waals surface area contributed by atoms with Crippen molar-refractivity contribution in [2.75, 3.05) is 26.7 Å². The van der Waals surface area contributed by atoms with Crippen molar-refractivity contribution < 1.29 is 19.4 Å². The zero-order valence-corrected chi connectivity index (χ0v) is 12.3. The molecule has 1 atom stereocenters. The summed E-state index contributed by atoms with van der Waals surface area (Å²) in [5, 5.41) is 12.2. The number of amides is 2. The SMILES string of the molecule is COC1(CNC(=O)N2CCCC(C)(C(=O)O)C2)CCC1. The minimum atomic E-state index is -0.831. The van der Waals surface area contributed by atoms with E-state index in [1.165, 1.54) is 0 Å². The first-order chi connectivity index (χ1) is 9.41. The number of methoxy groups -OCH3 is 1. The van der Waals surface area contributed by atoms with E-state index in [0.29, 0.717) is 19.5 Å². The predicted molar refractivity (Wildman–Crippen MR) is 73.5 cm³/mol. The van der Waals surface area contributed by atoms with E-state index >= 15 is 0 Å². The summed E-state index contributed by atoms with van der Waals surface area (Å²) in [4.78, 5) is 25.1. The van der Waals surface area contributed by atoms with Gasteiger partial charge in [-0.05, 0) is 39.0 Å². The van der Waals surface area contributed by atoms with E-state index in [1.54, 1.807) is 18.9 Å². The maximum atomic E-state index is 12.2. The molecule has 1 saturated carbocycles. The Morgan fingerprint density at radius 3 is 2.50 bits per heavy atom. The summed E-state index contributed by atoms with van der Waals surface area (Å²) in [7, 11) is 1.67. The number of carbonyl (C=O) groups is 2. The van der Waals surface area contributed by atoms with Crippen LogP contribution in [0.1, 0.15) is 39.0 Å². The lowest BCUT2D eigenvalue weighted by atomic mass is 9.80. The molecule has 6 heteroatoms.